The van der Waals surface area contributed by atoms with Crippen molar-refractivity contribution in [2.24, 2.45) is 0 Å². The molecule has 2 aromatic heterocycles. The Morgan fingerprint density at radius 3 is 2.75 bits per heavy atom. The van der Waals surface area contributed by atoms with Gasteiger partial charge in [0, 0.05) is 25.5 Å². The molecule has 1 amide bonds. The first-order valence-electron chi connectivity index (χ1n) is 6.23. The third-order valence-corrected chi connectivity index (χ3v) is 2.90. The molecule has 0 aliphatic rings. The number of hydrogen-bond acceptors (Lipinski definition) is 3. The summed E-state index contributed by atoms with van der Waals surface area (Å²) in [7, 11) is 0. The first-order valence-corrected chi connectivity index (χ1v) is 6.23. The van der Waals surface area contributed by atoms with Crippen LogP contribution in [0.4, 0.5) is 0 Å². The van der Waals surface area contributed by atoms with Crippen molar-refractivity contribution in [2.75, 3.05) is 0 Å². The van der Waals surface area contributed by atoms with E-state index in [1.54, 1.807) is 12.1 Å². The highest BCUT2D eigenvalue weighted by Crippen LogP contribution is 2.04. The molecule has 20 heavy (non-hydrogen) atoms. The third kappa shape index (κ3) is 3.03. The van der Waals surface area contributed by atoms with Crippen LogP contribution >= 0.6 is 0 Å². The summed E-state index contributed by atoms with van der Waals surface area (Å²) in [5.74, 6) is -1.24. The minimum absolute atomic E-state index is 0.0139. The molecule has 0 radical (unpaired) electrons. The Morgan fingerprint density at radius 1 is 1.35 bits per heavy atom. The molecular weight excluding hydrogens is 258 g/mol. The van der Waals surface area contributed by atoms with Gasteiger partial charge in [0.2, 0.25) is 0 Å². The second kappa shape index (κ2) is 6.01. The van der Waals surface area contributed by atoms with Gasteiger partial charge in [-0.25, -0.2) is 9.78 Å². The summed E-state index contributed by atoms with van der Waals surface area (Å²) < 4.78 is 1.85. The molecule has 0 saturated carbocycles. The van der Waals surface area contributed by atoms with Crippen LogP contribution in [0.3, 0.4) is 0 Å². The predicted molar refractivity (Wildman–Crippen MR) is 72.5 cm³/mol. The zero-order valence-corrected chi connectivity index (χ0v) is 11.0. The summed E-state index contributed by atoms with van der Waals surface area (Å²) in [5.41, 5.74) is 1.33. The lowest BCUT2D eigenvalue weighted by molar-refractivity contribution is 0.0690. The largest absolute Gasteiger partial charge is 0.477 e. The van der Waals surface area contributed by atoms with E-state index < -0.39 is 5.97 Å². The Morgan fingerprint density at radius 2 is 2.15 bits per heavy atom. The lowest BCUT2D eigenvalue weighted by Crippen LogP contribution is -2.25. The number of carbonyl (C=O) groups is 2. The maximum Gasteiger partial charge on any atom is 0.354 e. The molecule has 104 valence electrons. The van der Waals surface area contributed by atoms with Gasteiger partial charge in [-0.05, 0) is 30.7 Å². The van der Waals surface area contributed by atoms with E-state index in [0.29, 0.717) is 12.2 Å². The quantitative estimate of drug-likeness (QED) is 0.865. The van der Waals surface area contributed by atoms with E-state index in [1.165, 1.54) is 12.3 Å². The Hall–Kier alpha value is -2.63. The lowest BCUT2D eigenvalue weighted by Gasteiger charge is -2.07. The summed E-state index contributed by atoms with van der Waals surface area (Å²) in [6.45, 7) is 3.00. The minimum atomic E-state index is -1.07. The standard InChI is InChI=1S/C14H15N3O3/c1-2-17-7-3-4-12(17)13(18)16-9-10-5-6-11(14(19)20)15-8-10/h3-8H,2,9H2,1H3,(H,16,18)(H,19,20). The highest BCUT2D eigenvalue weighted by molar-refractivity contribution is 5.92. The second-order valence-electron chi connectivity index (χ2n) is 4.22. The van der Waals surface area contributed by atoms with E-state index in [1.807, 2.05) is 23.8 Å². The van der Waals surface area contributed by atoms with Gasteiger partial charge in [0.05, 0.1) is 0 Å². The summed E-state index contributed by atoms with van der Waals surface area (Å²) in [5, 5.41) is 11.5. The first kappa shape index (κ1) is 13.8. The van der Waals surface area contributed by atoms with Crippen LogP contribution in [-0.4, -0.2) is 26.5 Å². The van der Waals surface area contributed by atoms with Crippen LogP contribution in [0.15, 0.2) is 36.7 Å². The van der Waals surface area contributed by atoms with E-state index in [2.05, 4.69) is 10.3 Å². The van der Waals surface area contributed by atoms with Crippen molar-refractivity contribution in [3.63, 3.8) is 0 Å². The molecular formula is C14H15N3O3. The van der Waals surface area contributed by atoms with Gasteiger partial charge < -0.3 is 15.0 Å². The van der Waals surface area contributed by atoms with Crippen LogP contribution in [-0.2, 0) is 13.1 Å². The Labute approximate surface area is 116 Å². The van der Waals surface area contributed by atoms with Crippen molar-refractivity contribution >= 4 is 11.9 Å². The van der Waals surface area contributed by atoms with Crippen molar-refractivity contribution in [2.45, 2.75) is 20.0 Å². The topological polar surface area (TPSA) is 84.2 Å². The van der Waals surface area contributed by atoms with Crippen molar-refractivity contribution in [1.29, 1.82) is 0 Å². The minimum Gasteiger partial charge on any atom is -0.477 e. The Bertz CT molecular complexity index is 617. The van der Waals surface area contributed by atoms with Gasteiger partial charge in [-0.2, -0.15) is 0 Å². The molecule has 2 N–H and O–H groups in total. The molecule has 0 saturated heterocycles. The number of hydrogen-bond donors (Lipinski definition) is 2. The maximum absolute atomic E-state index is 12.0. The van der Waals surface area contributed by atoms with Crippen LogP contribution in [0.2, 0.25) is 0 Å². The summed E-state index contributed by atoms with van der Waals surface area (Å²) in [4.78, 5) is 26.5. The SMILES string of the molecule is CCn1cccc1C(=O)NCc1ccc(C(=O)O)nc1. The fourth-order valence-electron chi connectivity index (χ4n) is 1.82. The second-order valence-corrected chi connectivity index (χ2v) is 4.22. The summed E-state index contributed by atoms with van der Waals surface area (Å²) >= 11 is 0. The number of aryl methyl sites for hydroxylation is 1. The molecule has 0 atom stereocenters. The lowest BCUT2D eigenvalue weighted by atomic mass is 10.2. The Balaban J connectivity index is 1.98. The van der Waals surface area contributed by atoms with Crippen molar-refractivity contribution in [1.82, 2.24) is 14.9 Å². The molecule has 2 rings (SSSR count). The number of aromatic carboxylic acids is 1. The number of rotatable bonds is 5. The number of carboxylic acid groups (broad SMARTS) is 1. The van der Waals surface area contributed by atoms with E-state index >= 15 is 0 Å². The van der Waals surface area contributed by atoms with Gasteiger partial charge in [0.15, 0.2) is 0 Å². The predicted octanol–water partition coefficient (Wildman–Crippen LogP) is 1.53. The van der Waals surface area contributed by atoms with E-state index in [-0.39, 0.29) is 11.6 Å². The molecule has 6 nitrogen and oxygen atoms in total. The van der Waals surface area contributed by atoms with Crippen molar-refractivity contribution in [3.05, 3.63) is 53.6 Å². The average Bonchev–Trinajstić information content (AvgIpc) is 2.93. The number of nitrogens with one attached hydrogen (secondary N) is 1. The van der Waals surface area contributed by atoms with Crippen LogP contribution < -0.4 is 5.32 Å². The molecule has 6 heteroatoms. The Kier molecular flexibility index (Phi) is 4.14. The first-order chi connectivity index (χ1) is 9.61. The van der Waals surface area contributed by atoms with Crippen LogP contribution in [0, 0.1) is 0 Å². The third-order valence-electron chi connectivity index (χ3n) is 2.90. The number of carbonyl (C=O) groups excluding carboxylic acids is 1. The smallest absolute Gasteiger partial charge is 0.354 e. The number of aromatic nitrogens is 2. The molecule has 0 spiro atoms. The van der Waals surface area contributed by atoms with Gasteiger partial charge in [-0.3, -0.25) is 4.79 Å². The monoisotopic (exact) mass is 273 g/mol. The highest BCUT2D eigenvalue weighted by atomic mass is 16.4. The zero-order chi connectivity index (χ0) is 14.5. The number of pyridine rings is 1. The maximum atomic E-state index is 12.0. The van der Waals surface area contributed by atoms with Gasteiger partial charge >= 0.3 is 5.97 Å². The molecule has 0 aliphatic carbocycles. The number of nitrogens with zero attached hydrogens (tertiary/aromatic N) is 2. The average molecular weight is 273 g/mol. The van der Waals surface area contributed by atoms with Gasteiger partial charge in [0.1, 0.15) is 11.4 Å². The van der Waals surface area contributed by atoms with Gasteiger partial charge in [-0.1, -0.05) is 6.07 Å². The normalized spacial score (nSPS) is 10.2. The molecule has 0 bridgehead atoms. The van der Waals surface area contributed by atoms with E-state index in [9.17, 15) is 9.59 Å². The molecule has 0 aromatic carbocycles. The fraction of sp³-hybridized carbons (Fsp3) is 0.214. The van der Waals surface area contributed by atoms with E-state index in [0.717, 1.165) is 12.1 Å². The van der Waals surface area contributed by atoms with Crippen LogP contribution in [0.25, 0.3) is 0 Å². The molecule has 0 aliphatic heterocycles. The van der Waals surface area contributed by atoms with Crippen molar-refractivity contribution in [3.8, 4) is 0 Å². The molecule has 0 unspecified atom stereocenters. The van der Waals surface area contributed by atoms with Crippen molar-refractivity contribution < 1.29 is 14.7 Å². The number of amides is 1. The molecule has 2 heterocycles. The van der Waals surface area contributed by atoms with Gasteiger partial charge in [0.25, 0.3) is 5.91 Å². The summed E-state index contributed by atoms with van der Waals surface area (Å²) in [6, 6.07) is 6.63. The fourth-order valence-corrected chi connectivity index (χ4v) is 1.82. The number of carboxylic acids is 1. The highest BCUT2D eigenvalue weighted by Gasteiger charge is 2.10. The zero-order valence-electron chi connectivity index (χ0n) is 11.0. The molecule has 0 fully saturated rings. The van der Waals surface area contributed by atoms with E-state index in [4.69, 9.17) is 5.11 Å². The van der Waals surface area contributed by atoms with Crippen LogP contribution in [0.1, 0.15) is 33.5 Å². The molecule has 2 aromatic rings. The van der Waals surface area contributed by atoms with Gasteiger partial charge in [-0.15, -0.1) is 0 Å². The summed E-state index contributed by atoms with van der Waals surface area (Å²) in [6.07, 6.45) is 3.29. The van der Waals surface area contributed by atoms with Crippen LogP contribution in [0.5, 0.6) is 0 Å².